The van der Waals surface area contributed by atoms with Crippen molar-refractivity contribution in [2.45, 2.75) is 32.7 Å². The molecule has 0 saturated carbocycles. The van der Waals surface area contributed by atoms with Crippen molar-refractivity contribution in [3.8, 4) is 0 Å². The molecule has 1 N–H and O–H groups in total. The zero-order chi connectivity index (χ0) is 9.84. The molecular weight excluding hydrogens is 172 g/mol. The molecule has 72 valence electrons. The minimum absolute atomic E-state index is 0.0371. The van der Waals surface area contributed by atoms with E-state index < -0.39 is 5.97 Å². The number of hydrogen-bond acceptors (Lipinski definition) is 4. The van der Waals surface area contributed by atoms with E-state index in [1.165, 1.54) is 4.80 Å². The molecule has 13 heavy (non-hydrogen) atoms. The first kappa shape index (κ1) is 9.63. The fourth-order valence-corrected chi connectivity index (χ4v) is 0.940. The third-order valence-corrected chi connectivity index (χ3v) is 1.67. The van der Waals surface area contributed by atoms with Gasteiger partial charge in [-0.15, -0.1) is 10.2 Å². The molecule has 1 heterocycles. The van der Waals surface area contributed by atoms with E-state index in [-0.39, 0.29) is 12.3 Å². The first-order valence-electron chi connectivity index (χ1n) is 4.13. The van der Waals surface area contributed by atoms with Gasteiger partial charge in [0.15, 0.2) is 5.82 Å². The topological polar surface area (TPSA) is 80.9 Å². The molecule has 0 bridgehead atoms. The van der Waals surface area contributed by atoms with E-state index in [0.29, 0.717) is 12.4 Å². The summed E-state index contributed by atoms with van der Waals surface area (Å²) in [4.78, 5) is 11.8. The summed E-state index contributed by atoms with van der Waals surface area (Å²) < 4.78 is 0. The van der Waals surface area contributed by atoms with E-state index >= 15 is 0 Å². The Morgan fingerprint density at radius 1 is 1.69 bits per heavy atom. The number of nitrogens with zero attached hydrogens (tertiary/aromatic N) is 4. The monoisotopic (exact) mass is 184 g/mol. The maximum absolute atomic E-state index is 10.4. The normalized spacial score (nSPS) is 12.8. The first-order chi connectivity index (χ1) is 6.13. The number of carboxylic acids is 1. The SMILES string of the molecule is CCn1nnc(C(C)CC(=O)O)n1. The van der Waals surface area contributed by atoms with Gasteiger partial charge in [-0.3, -0.25) is 4.79 Å². The van der Waals surface area contributed by atoms with Crippen LogP contribution < -0.4 is 0 Å². The number of carboxylic acid groups (broad SMARTS) is 1. The summed E-state index contributed by atoms with van der Waals surface area (Å²) in [6.07, 6.45) is 0.0371. The van der Waals surface area contributed by atoms with E-state index in [4.69, 9.17) is 5.11 Å². The van der Waals surface area contributed by atoms with Crippen LogP contribution in [-0.4, -0.2) is 31.3 Å². The molecule has 0 spiro atoms. The number of aryl methyl sites for hydroxylation is 1. The highest BCUT2D eigenvalue weighted by molar-refractivity contribution is 5.67. The largest absolute Gasteiger partial charge is 0.481 e. The van der Waals surface area contributed by atoms with Crippen LogP contribution in [0.15, 0.2) is 0 Å². The molecule has 1 unspecified atom stereocenters. The highest BCUT2D eigenvalue weighted by atomic mass is 16.4. The number of aliphatic carboxylic acids is 1. The quantitative estimate of drug-likeness (QED) is 0.726. The van der Waals surface area contributed by atoms with E-state index in [2.05, 4.69) is 15.4 Å². The second kappa shape index (κ2) is 3.97. The Bertz CT molecular complexity index is 296. The van der Waals surface area contributed by atoms with Gasteiger partial charge < -0.3 is 5.11 Å². The Kier molecular flexibility index (Phi) is 2.94. The third-order valence-electron chi connectivity index (χ3n) is 1.67. The lowest BCUT2D eigenvalue weighted by atomic mass is 10.1. The molecule has 6 nitrogen and oxygen atoms in total. The Balaban J connectivity index is 2.65. The number of hydrogen-bond donors (Lipinski definition) is 1. The van der Waals surface area contributed by atoms with Crippen LogP contribution in [0.4, 0.5) is 0 Å². The minimum Gasteiger partial charge on any atom is -0.481 e. The lowest BCUT2D eigenvalue weighted by Gasteiger charge is -2.00. The zero-order valence-electron chi connectivity index (χ0n) is 7.64. The summed E-state index contributed by atoms with van der Waals surface area (Å²) in [5, 5.41) is 20.0. The Morgan fingerprint density at radius 2 is 2.38 bits per heavy atom. The van der Waals surface area contributed by atoms with Crippen LogP contribution in [0.3, 0.4) is 0 Å². The van der Waals surface area contributed by atoms with Gasteiger partial charge >= 0.3 is 5.97 Å². The molecular formula is C7H12N4O2. The summed E-state index contributed by atoms with van der Waals surface area (Å²) >= 11 is 0. The Hall–Kier alpha value is -1.46. The first-order valence-corrected chi connectivity index (χ1v) is 4.13. The summed E-state index contributed by atoms with van der Waals surface area (Å²) in [5.41, 5.74) is 0. The maximum Gasteiger partial charge on any atom is 0.304 e. The molecule has 0 amide bonds. The molecule has 0 aliphatic rings. The second-order valence-electron chi connectivity index (χ2n) is 2.84. The van der Waals surface area contributed by atoms with E-state index in [9.17, 15) is 4.79 Å². The van der Waals surface area contributed by atoms with Crippen molar-refractivity contribution in [1.29, 1.82) is 0 Å². The molecule has 0 aliphatic carbocycles. The van der Waals surface area contributed by atoms with Gasteiger partial charge in [0.2, 0.25) is 0 Å². The van der Waals surface area contributed by atoms with Gasteiger partial charge in [-0.2, -0.15) is 4.80 Å². The average Bonchev–Trinajstić information content (AvgIpc) is 2.50. The van der Waals surface area contributed by atoms with Crippen molar-refractivity contribution in [3.63, 3.8) is 0 Å². The van der Waals surface area contributed by atoms with Gasteiger partial charge in [0.1, 0.15) is 0 Å². The zero-order valence-corrected chi connectivity index (χ0v) is 7.64. The number of rotatable bonds is 4. The fraction of sp³-hybridized carbons (Fsp3) is 0.714. The van der Waals surface area contributed by atoms with Gasteiger partial charge in [0.25, 0.3) is 0 Å². The van der Waals surface area contributed by atoms with Gasteiger partial charge in [0.05, 0.1) is 13.0 Å². The van der Waals surface area contributed by atoms with Crippen LogP contribution in [0.25, 0.3) is 0 Å². The molecule has 0 saturated heterocycles. The van der Waals surface area contributed by atoms with Crippen molar-refractivity contribution in [2.24, 2.45) is 0 Å². The molecule has 0 fully saturated rings. The van der Waals surface area contributed by atoms with Crippen molar-refractivity contribution >= 4 is 5.97 Å². The summed E-state index contributed by atoms with van der Waals surface area (Å²) in [6, 6.07) is 0. The van der Waals surface area contributed by atoms with E-state index in [0.717, 1.165) is 0 Å². The molecule has 1 rings (SSSR count). The molecule has 1 atom stereocenters. The van der Waals surface area contributed by atoms with Gasteiger partial charge in [-0.25, -0.2) is 0 Å². The molecule has 0 radical (unpaired) electrons. The Labute approximate surface area is 75.6 Å². The van der Waals surface area contributed by atoms with E-state index in [1.54, 1.807) is 6.92 Å². The predicted octanol–water partition coefficient (Wildman–Crippen LogP) is 0.271. The third kappa shape index (κ3) is 2.50. The lowest BCUT2D eigenvalue weighted by Crippen LogP contribution is -2.05. The summed E-state index contributed by atoms with van der Waals surface area (Å²) in [6.45, 7) is 4.31. The second-order valence-corrected chi connectivity index (χ2v) is 2.84. The average molecular weight is 184 g/mol. The van der Waals surface area contributed by atoms with Crippen molar-refractivity contribution in [3.05, 3.63) is 5.82 Å². The standard InChI is InChI=1S/C7H12N4O2/c1-3-11-9-7(8-10-11)5(2)4-6(12)13/h5H,3-4H2,1-2H3,(H,12,13). The minimum atomic E-state index is -0.847. The van der Waals surface area contributed by atoms with Gasteiger partial charge in [-0.05, 0) is 12.1 Å². The maximum atomic E-state index is 10.4. The Morgan fingerprint density at radius 3 is 2.85 bits per heavy atom. The van der Waals surface area contributed by atoms with Crippen molar-refractivity contribution in [1.82, 2.24) is 20.2 Å². The molecule has 6 heteroatoms. The summed E-state index contributed by atoms with van der Waals surface area (Å²) in [5.74, 6) is -0.539. The number of carbonyl (C=O) groups is 1. The smallest absolute Gasteiger partial charge is 0.304 e. The predicted molar refractivity (Wildman–Crippen MR) is 44.2 cm³/mol. The summed E-state index contributed by atoms with van der Waals surface area (Å²) in [7, 11) is 0. The molecule has 1 aromatic rings. The van der Waals surface area contributed by atoms with Gasteiger partial charge in [0, 0.05) is 5.92 Å². The lowest BCUT2D eigenvalue weighted by molar-refractivity contribution is -0.137. The van der Waals surface area contributed by atoms with E-state index in [1.807, 2.05) is 6.92 Å². The number of aromatic nitrogens is 4. The molecule has 0 aliphatic heterocycles. The number of tetrazole rings is 1. The fourth-order valence-electron chi connectivity index (χ4n) is 0.940. The molecule has 0 aromatic carbocycles. The highest BCUT2D eigenvalue weighted by Gasteiger charge is 2.14. The van der Waals surface area contributed by atoms with Crippen LogP contribution in [0, 0.1) is 0 Å². The van der Waals surface area contributed by atoms with Crippen LogP contribution in [0.5, 0.6) is 0 Å². The van der Waals surface area contributed by atoms with Crippen LogP contribution in [0.2, 0.25) is 0 Å². The molecule has 1 aromatic heterocycles. The van der Waals surface area contributed by atoms with Crippen LogP contribution >= 0.6 is 0 Å². The van der Waals surface area contributed by atoms with Crippen LogP contribution in [0.1, 0.15) is 32.0 Å². The van der Waals surface area contributed by atoms with Gasteiger partial charge in [-0.1, -0.05) is 6.92 Å². The van der Waals surface area contributed by atoms with Crippen LogP contribution in [-0.2, 0) is 11.3 Å². The van der Waals surface area contributed by atoms with Crippen molar-refractivity contribution < 1.29 is 9.90 Å². The van der Waals surface area contributed by atoms with Crippen molar-refractivity contribution in [2.75, 3.05) is 0 Å². The highest BCUT2D eigenvalue weighted by Crippen LogP contribution is 2.12.